The maximum Gasteiger partial charge on any atom is 0.222 e. The van der Waals surface area contributed by atoms with E-state index in [4.69, 9.17) is 5.11 Å². The summed E-state index contributed by atoms with van der Waals surface area (Å²) in [6.45, 7) is -0.0991. The Kier molecular flexibility index (Phi) is 3.96. The lowest BCUT2D eigenvalue weighted by Gasteiger charge is -2.26. The Morgan fingerprint density at radius 2 is 1.87 bits per heavy atom. The van der Waals surface area contributed by atoms with Crippen molar-refractivity contribution in [2.75, 3.05) is 6.61 Å². The molecule has 0 aromatic carbocycles. The van der Waals surface area contributed by atoms with Gasteiger partial charge in [-0.3, -0.25) is 20.2 Å². The molecule has 0 aliphatic heterocycles. The van der Waals surface area contributed by atoms with Crippen LogP contribution in [0.1, 0.15) is 25.7 Å². The van der Waals surface area contributed by atoms with Crippen LogP contribution in [0.2, 0.25) is 0 Å². The van der Waals surface area contributed by atoms with E-state index < -0.39 is 21.9 Å². The zero-order chi connectivity index (χ0) is 11.4. The number of rotatable bonds is 4. The maximum atomic E-state index is 10.7. The van der Waals surface area contributed by atoms with E-state index in [1.807, 2.05) is 0 Å². The van der Waals surface area contributed by atoms with Crippen molar-refractivity contribution < 1.29 is 15.0 Å². The Bertz CT molecular complexity index is 257. The van der Waals surface area contributed by atoms with Gasteiger partial charge in [-0.2, -0.15) is 0 Å². The zero-order valence-electron chi connectivity index (χ0n) is 8.24. The van der Waals surface area contributed by atoms with E-state index in [0.717, 1.165) is 0 Å². The molecule has 0 spiro atoms. The van der Waals surface area contributed by atoms with E-state index >= 15 is 0 Å². The summed E-state index contributed by atoms with van der Waals surface area (Å²) < 4.78 is 0. The molecule has 0 aromatic heterocycles. The van der Waals surface area contributed by atoms with Crippen LogP contribution in [0.4, 0.5) is 0 Å². The molecular weight excluding hydrogens is 204 g/mol. The summed E-state index contributed by atoms with van der Waals surface area (Å²) in [5.74, 6) is -0.221. The zero-order valence-corrected chi connectivity index (χ0v) is 8.24. The Morgan fingerprint density at radius 1 is 1.20 bits per heavy atom. The molecule has 0 heterocycles. The third kappa shape index (κ3) is 2.85. The van der Waals surface area contributed by atoms with Gasteiger partial charge in [-0.1, -0.05) is 0 Å². The van der Waals surface area contributed by atoms with Crippen molar-refractivity contribution in [3.63, 3.8) is 0 Å². The highest BCUT2D eigenvalue weighted by atomic mass is 16.6. The molecule has 1 aliphatic carbocycles. The molecule has 0 saturated heterocycles. The van der Waals surface area contributed by atoms with Gasteiger partial charge in [0.15, 0.2) is 0 Å². The fourth-order valence-corrected chi connectivity index (χ4v) is 2.14. The monoisotopic (exact) mass is 218 g/mol. The number of hydrogen-bond donors (Lipinski definition) is 1. The second kappa shape index (κ2) is 5.01. The van der Waals surface area contributed by atoms with Crippen molar-refractivity contribution in [2.24, 2.45) is 5.92 Å². The molecule has 1 fully saturated rings. The molecule has 0 bridgehead atoms. The smallest absolute Gasteiger partial charge is 0.222 e. The molecule has 0 amide bonds. The van der Waals surface area contributed by atoms with Crippen LogP contribution in [0, 0.1) is 26.1 Å². The van der Waals surface area contributed by atoms with E-state index in [1.165, 1.54) is 0 Å². The molecule has 15 heavy (non-hydrogen) atoms. The lowest BCUT2D eigenvalue weighted by Crippen LogP contribution is -2.40. The van der Waals surface area contributed by atoms with Crippen LogP contribution in [0.25, 0.3) is 0 Å². The quantitative estimate of drug-likeness (QED) is 0.544. The van der Waals surface area contributed by atoms with Crippen LogP contribution in [0.3, 0.4) is 0 Å². The fraction of sp³-hybridized carbons (Fsp3) is 1.00. The van der Waals surface area contributed by atoms with Crippen molar-refractivity contribution in [3.8, 4) is 0 Å². The third-order valence-corrected chi connectivity index (χ3v) is 3.00. The SMILES string of the molecule is O=[N+]([O-])C1CCC(CCO)C([N+](=O)[O-])C1. The van der Waals surface area contributed by atoms with E-state index in [0.29, 0.717) is 19.3 Å². The van der Waals surface area contributed by atoms with Gasteiger partial charge in [0.25, 0.3) is 0 Å². The molecule has 3 atom stereocenters. The van der Waals surface area contributed by atoms with Gasteiger partial charge in [-0.25, -0.2) is 0 Å². The minimum absolute atomic E-state index is 0.00926. The van der Waals surface area contributed by atoms with Gasteiger partial charge in [0.1, 0.15) is 0 Å². The van der Waals surface area contributed by atoms with Crippen LogP contribution in [-0.2, 0) is 0 Å². The highest BCUT2D eigenvalue weighted by Gasteiger charge is 2.42. The van der Waals surface area contributed by atoms with Gasteiger partial charge in [0.2, 0.25) is 12.1 Å². The molecule has 1 N–H and O–H groups in total. The number of aliphatic hydroxyl groups excluding tert-OH is 1. The Labute approximate surface area is 86.4 Å². The molecule has 0 aromatic rings. The number of nitro groups is 2. The molecule has 0 radical (unpaired) electrons. The Hall–Kier alpha value is -1.24. The van der Waals surface area contributed by atoms with Crippen molar-refractivity contribution in [2.45, 2.75) is 37.8 Å². The topological polar surface area (TPSA) is 107 Å². The minimum atomic E-state index is -0.874. The van der Waals surface area contributed by atoms with Crippen LogP contribution in [-0.4, -0.2) is 33.6 Å². The van der Waals surface area contributed by atoms with Crippen molar-refractivity contribution in [3.05, 3.63) is 20.2 Å². The number of aliphatic hydroxyl groups is 1. The molecular formula is C8H14N2O5. The highest BCUT2D eigenvalue weighted by Crippen LogP contribution is 2.30. The summed E-state index contributed by atoms with van der Waals surface area (Å²) in [6.07, 6.45) is 1.18. The van der Waals surface area contributed by atoms with E-state index in [9.17, 15) is 20.2 Å². The normalized spacial score (nSPS) is 31.1. The van der Waals surface area contributed by atoms with E-state index in [2.05, 4.69) is 0 Å². The van der Waals surface area contributed by atoms with Gasteiger partial charge >= 0.3 is 0 Å². The first kappa shape index (κ1) is 11.8. The van der Waals surface area contributed by atoms with Crippen LogP contribution >= 0.6 is 0 Å². The molecule has 1 aliphatic rings. The average Bonchev–Trinajstić information content (AvgIpc) is 2.18. The standard InChI is InChI=1S/C8H14N2O5/c11-4-3-6-1-2-7(9(12)13)5-8(6)10(14)15/h6-8,11H,1-5H2. The van der Waals surface area contributed by atoms with Crippen LogP contribution in [0.15, 0.2) is 0 Å². The van der Waals surface area contributed by atoms with Gasteiger partial charge in [-0.05, 0) is 12.8 Å². The summed E-state index contributed by atoms with van der Waals surface area (Å²) in [4.78, 5) is 20.3. The first-order chi connectivity index (χ1) is 7.06. The third-order valence-electron chi connectivity index (χ3n) is 3.00. The van der Waals surface area contributed by atoms with E-state index in [1.54, 1.807) is 0 Å². The van der Waals surface area contributed by atoms with Crippen molar-refractivity contribution >= 4 is 0 Å². The van der Waals surface area contributed by atoms with Gasteiger partial charge in [0, 0.05) is 28.8 Å². The summed E-state index contributed by atoms with van der Waals surface area (Å²) in [7, 11) is 0. The van der Waals surface area contributed by atoms with Gasteiger partial charge < -0.3 is 5.11 Å². The predicted octanol–water partition coefficient (Wildman–Crippen LogP) is 0.460. The first-order valence-corrected chi connectivity index (χ1v) is 4.94. The molecule has 86 valence electrons. The summed E-state index contributed by atoms with van der Waals surface area (Å²) in [6, 6.07) is -1.67. The molecule has 7 heteroatoms. The lowest BCUT2D eigenvalue weighted by atomic mass is 9.80. The van der Waals surface area contributed by atoms with Crippen molar-refractivity contribution in [1.82, 2.24) is 0 Å². The first-order valence-electron chi connectivity index (χ1n) is 4.94. The minimum Gasteiger partial charge on any atom is -0.396 e. The van der Waals surface area contributed by atoms with Gasteiger partial charge in [-0.15, -0.1) is 0 Å². The molecule has 1 rings (SSSR count). The number of hydrogen-bond acceptors (Lipinski definition) is 5. The largest absolute Gasteiger partial charge is 0.396 e. The maximum absolute atomic E-state index is 10.7. The Balaban J connectivity index is 2.64. The summed E-state index contributed by atoms with van der Waals surface area (Å²) in [5.41, 5.74) is 0. The second-order valence-corrected chi connectivity index (χ2v) is 3.88. The lowest BCUT2D eigenvalue weighted by molar-refractivity contribution is -0.574. The number of nitrogens with zero attached hydrogens (tertiary/aromatic N) is 2. The molecule has 7 nitrogen and oxygen atoms in total. The second-order valence-electron chi connectivity index (χ2n) is 3.88. The summed E-state index contributed by atoms with van der Waals surface area (Å²) >= 11 is 0. The average molecular weight is 218 g/mol. The van der Waals surface area contributed by atoms with E-state index in [-0.39, 0.29) is 18.9 Å². The van der Waals surface area contributed by atoms with Crippen molar-refractivity contribution in [1.29, 1.82) is 0 Å². The van der Waals surface area contributed by atoms with Gasteiger partial charge in [0.05, 0.1) is 6.42 Å². The summed E-state index contributed by atoms with van der Waals surface area (Å²) in [5, 5.41) is 30.0. The van der Waals surface area contributed by atoms with Crippen LogP contribution < -0.4 is 0 Å². The fourth-order valence-electron chi connectivity index (χ4n) is 2.14. The predicted molar refractivity (Wildman–Crippen MR) is 50.6 cm³/mol. The highest BCUT2D eigenvalue weighted by molar-refractivity contribution is 4.80. The van der Waals surface area contributed by atoms with Crippen LogP contribution in [0.5, 0.6) is 0 Å². The molecule has 1 saturated carbocycles. The Morgan fingerprint density at radius 3 is 2.33 bits per heavy atom. The molecule has 3 unspecified atom stereocenters.